The highest BCUT2D eigenvalue weighted by Gasteiger charge is 2.15. The van der Waals surface area contributed by atoms with Crippen molar-refractivity contribution in [2.24, 2.45) is 5.92 Å². The van der Waals surface area contributed by atoms with E-state index in [4.69, 9.17) is 10.1 Å². The lowest BCUT2D eigenvalue weighted by atomic mass is 10.0. The Morgan fingerprint density at radius 2 is 1.92 bits per heavy atom. The molecule has 0 unspecified atom stereocenters. The Kier molecular flexibility index (Phi) is 5.40. The maximum absolute atomic E-state index is 11.0. The molecular formula is C22H26N2O2. The standard InChI is InChI=1S/C22H26N2O2/c1-15(22(25)26)9-7-8-12-24-14-19(18-10-5-4-6-11-18)20-16(2)13-17(3)23-21(20)24/h4-6,10-11,13-15H,7-9,12H2,1-3H3,(H,25,26)/t15-/m1/s1. The van der Waals surface area contributed by atoms with Gasteiger partial charge in [-0.25, -0.2) is 4.98 Å². The predicted molar refractivity (Wildman–Crippen MR) is 105 cm³/mol. The van der Waals surface area contributed by atoms with Crippen molar-refractivity contribution in [1.82, 2.24) is 9.55 Å². The van der Waals surface area contributed by atoms with Crippen LogP contribution in [0.15, 0.2) is 42.6 Å². The summed E-state index contributed by atoms with van der Waals surface area (Å²) in [6, 6.07) is 12.5. The van der Waals surface area contributed by atoms with Gasteiger partial charge in [0.1, 0.15) is 5.65 Å². The molecule has 3 rings (SSSR count). The van der Waals surface area contributed by atoms with Gasteiger partial charge in [-0.3, -0.25) is 4.79 Å². The third kappa shape index (κ3) is 3.79. The molecule has 136 valence electrons. The van der Waals surface area contributed by atoms with Crippen LogP contribution in [-0.2, 0) is 11.3 Å². The van der Waals surface area contributed by atoms with E-state index in [0.29, 0.717) is 6.42 Å². The van der Waals surface area contributed by atoms with Crippen LogP contribution in [0, 0.1) is 19.8 Å². The Morgan fingerprint density at radius 1 is 1.19 bits per heavy atom. The zero-order chi connectivity index (χ0) is 18.7. The summed E-state index contributed by atoms with van der Waals surface area (Å²) in [7, 11) is 0. The van der Waals surface area contributed by atoms with E-state index in [1.54, 1.807) is 6.92 Å². The van der Waals surface area contributed by atoms with Crippen LogP contribution in [0.25, 0.3) is 22.2 Å². The number of benzene rings is 1. The molecule has 1 aromatic carbocycles. The number of unbranched alkanes of at least 4 members (excludes halogenated alkanes) is 1. The van der Waals surface area contributed by atoms with Crippen molar-refractivity contribution in [3.05, 3.63) is 53.9 Å². The van der Waals surface area contributed by atoms with E-state index in [0.717, 1.165) is 30.7 Å². The summed E-state index contributed by atoms with van der Waals surface area (Å²) in [5, 5.41) is 10.2. The second-order valence-electron chi connectivity index (χ2n) is 7.12. The van der Waals surface area contributed by atoms with E-state index in [2.05, 4.69) is 48.0 Å². The summed E-state index contributed by atoms with van der Waals surface area (Å²) in [4.78, 5) is 15.8. The molecular weight excluding hydrogens is 324 g/mol. The fourth-order valence-corrected chi connectivity index (χ4v) is 3.50. The van der Waals surface area contributed by atoms with Gasteiger partial charge in [0.15, 0.2) is 0 Å². The minimum Gasteiger partial charge on any atom is -0.481 e. The molecule has 0 aliphatic carbocycles. The molecule has 0 saturated heterocycles. The zero-order valence-electron chi connectivity index (χ0n) is 15.7. The molecule has 2 aromatic heterocycles. The summed E-state index contributed by atoms with van der Waals surface area (Å²) < 4.78 is 2.23. The number of carbonyl (C=O) groups is 1. The molecule has 0 spiro atoms. The zero-order valence-corrected chi connectivity index (χ0v) is 15.7. The number of rotatable bonds is 7. The average molecular weight is 350 g/mol. The molecule has 2 heterocycles. The molecule has 0 bridgehead atoms. The monoisotopic (exact) mass is 350 g/mol. The van der Waals surface area contributed by atoms with Crippen LogP contribution in [0.1, 0.15) is 37.4 Å². The first-order chi connectivity index (χ1) is 12.5. The lowest BCUT2D eigenvalue weighted by molar-refractivity contribution is -0.141. The van der Waals surface area contributed by atoms with E-state index in [-0.39, 0.29) is 5.92 Å². The molecule has 0 aliphatic rings. The first-order valence-corrected chi connectivity index (χ1v) is 9.22. The van der Waals surface area contributed by atoms with Crippen molar-refractivity contribution in [3.63, 3.8) is 0 Å². The largest absolute Gasteiger partial charge is 0.481 e. The molecule has 0 radical (unpaired) electrons. The molecule has 4 heteroatoms. The molecule has 4 nitrogen and oxygen atoms in total. The Balaban J connectivity index is 1.89. The van der Waals surface area contributed by atoms with Gasteiger partial charge in [0.2, 0.25) is 0 Å². The number of aromatic nitrogens is 2. The highest BCUT2D eigenvalue weighted by molar-refractivity contribution is 5.96. The molecule has 0 aliphatic heterocycles. The Labute approximate surface area is 154 Å². The maximum atomic E-state index is 11.0. The van der Waals surface area contributed by atoms with Crippen molar-refractivity contribution in [1.29, 1.82) is 0 Å². The van der Waals surface area contributed by atoms with Crippen molar-refractivity contribution in [3.8, 4) is 11.1 Å². The summed E-state index contributed by atoms with van der Waals surface area (Å²) in [6.45, 7) is 6.80. The van der Waals surface area contributed by atoms with Gasteiger partial charge in [0.05, 0.1) is 5.92 Å². The van der Waals surface area contributed by atoms with Crippen LogP contribution in [0.3, 0.4) is 0 Å². The molecule has 0 fully saturated rings. The Bertz CT molecular complexity index is 913. The number of aryl methyl sites for hydroxylation is 3. The number of carboxylic acids is 1. The summed E-state index contributed by atoms with van der Waals surface area (Å²) in [6.07, 6.45) is 4.76. The van der Waals surface area contributed by atoms with Crippen molar-refractivity contribution in [2.45, 2.75) is 46.6 Å². The Morgan fingerprint density at radius 3 is 2.62 bits per heavy atom. The van der Waals surface area contributed by atoms with Gasteiger partial charge in [-0.05, 0) is 43.9 Å². The summed E-state index contributed by atoms with van der Waals surface area (Å²) in [5.74, 6) is -0.991. The van der Waals surface area contributed by atoms with Crippen LogP contribution in [-0.4, -0.2) is 20.6 Å². The fourth-order valence-electron chi connectivity index (χ4n) is 3.50. The lowest BCUT2D eigenvalue weighted by Crippen LogP contribution is -2.09. The molecule has 1 N–H and O–H groups in total. The van der Waals surface area contributed by atoms with E-state index < -0.39 is 5.97 Å². The lowest BCUT2D eigenvalue weighted by Gasteiger charge is -2.08. The van der Waals surface area contributed by atoms with Crippen LogP contribution < -0.4 is 0 Å². The number of hydrogen-bond acceptors (Lipinski definition) is 2. The van der Waals surface area contributed by atoms with E-state index in [9.17, 15) is 4.79 Å². The number of fused-ring (bicyclic) bond motifs is 1. The number of carboxylic acid groups (broad SMARTS) is 1. The minimum atomic E-state index is -0.712. The van der Waals surface area contributed by atoms with Crippen LogP contribution in [0.5, 0.6) is 0 Å². The van der Waals surface area contributed by atoms with Gasteiger partial charge >= 0.3 is 5.97 Å². The fraction of sp³-hybridized carbons (Fsp3) is 0.364. The van der Waals surface area contributed by atoms with Gasteiger partial charge in [0, 0.05) is 29.4 Å². The number of nitrogens with zero attached hydrogens (tertiary/aromatic N) is 2. The summed E-state index contributed by atoms with van der Waals surface area (Å²) in [5.41, 5.74) is 5.69. The van der Waals surface area contributed by atoms with E-state index in [1.807, 2.05) is 13.0 Å². The van der Waals surface area contributed by atoms with E-state index in [1.165, 1.54) is 22.1 Å². The first kappa shape index (κ1) is 18.2. The third-order valence-corrected chi connectivity index (χ3v) is 4.94. The molecule has 3 aromatic rings. The second kappa shape index (κ2) is 7.73. The predicted octanol–water partition coefficient (Wildman–Crippen LogP) is 5.21. The average Bonchev–Trinajstić information content (AvgIpc) is 2.98. The van der Waals surface area contributed by atoms with Crippen molar-refractivity contribution >= 4 is 17.0 Å². The third-order valence-electron chi connectivity index (χ3n) is 4.94. The molecule has 26 heavy (non-hydrogen) atoms. The SMILES string of the molecule is Cc1cc(C)c2c(-c3ccccc3)cn(CCCC[C@@H](C)C(=O)O)c2n1. The Hall–Kier alpha value is -2.62. The van der Waals surface area contributed by atoms with E-state index >= 15 is 0 Å². The quantitative estimate of drug-likeness (QED) is 0.595. The van der Waals surface area contributed by atoms with Crippen LogP contribution in [0.4, 0.5) is 0 Å². The first-order valence-electron chi connectivity index (χ1n) is 9.22. The van der Waals surface area contributed by atoms with Gasteiger partial charge in [-0.2, -0.15) is 0 Å². The van der Waals surface area contributed by atoms with Gasteiger partial charge in [-0.15, -0.1) is 0 Å². The van der Waals surface area contributed by atoms with Gasteiger partial charge in [0.25, 0.3) is 0 Å². The maximum Gasteiger partial charge on any atom is 0.306 e. The number of aliphatic carboxylic acids is 1. The highest BCUT2D eigenvalue weighted by Crippen LogP contribution is 2.32. The smallest absolute Gasteiger partial charge is 0.306 e. The number of pyridine rings is 1. The van der Waals surface area contributed by atoms with Gasteiger partial charge < -0.3 is 9.67 Å². The topological polar surface area (TPSA) is 55.1 Å². The van der Waals surface area contributed by atoms with Crippen LogP contribution >= 0.6 is 0 Å². The second-order valence-corrected chi connectivity index (χ2v) is 7.12. The number of hydrogen-bond donors (Lipinski definition) is 1. The molecule has 1 atom stereocenters. The van der Waals surface area contributed by atoms with Crippen molar-refractivity contribution < 1.29 is 9.90 Å². The minimum absolute atomic E-state index is 0.279. The molecule has 0 saturated carbocycles. The highest BCUT2D eigenvalue weighted by atomic mass is 16.4. The van der Waals surface area contributed by atoms with Gasteiger partial charge in [-0.1, -0.05) is 43.7 Å². The normalized spacial score (nSPS) is 12.4. The van der Waals surface area contributed by atoms with Crippen molar-refractivity contribution in [2.75, 3.05) is 0 Å². The molecule has 0 amide bonds. The van der Waals surface area contributed by atoms with Crippen LogP contribution in [0.2, 0.25) is 0 Å². The summed E-state index contributed by atoms with van der Waals surface area (Å²) >= 11 is 0.